The van der Waals surface area contributed by atoms with E-state index in [9.17, 15) is 13.2 Å². The molecule has 0 spiro atoms. The lowest BCUT2D eigenvalue weighted by atomic mass is 10.3. The monoisotopic (exact) mass is 207 g/mol. The number of methoxy groups -OCH3 is 1. The highest BCUT2D eigenvalue weighted by Crippen LogP contribution is 2.10. The molecule has 1 aliphatic rings. The minimum Gasteiger partial charge on any atom is -0.468 e. The molecule has 0 amide bonds. The van der Waals surface area contributed by atoms with Crippen LogP contribution in [0.2, 0.25) is 0 Å². The van der Waals surface area contributed by atoms with Crippen molar-refractivity contribution in [2.75, 3.05) is 32.2 Å². The van der Waals surface area contributed by atoms with Gasteiger partial charge in [-0.2, -0.15) is 0 Å². The van der Waals surface area contributed by atoms with Crippen LogP contribution >= 0.6 is 0 Å². The second-order valence-corrected chi connectivity index (χ2v) is 5.36. The van der Waals surface area contributed by atoms with Gasteiger partial charge in [0.2, 0.25) is 0 Å². The van der Waals surface area contributed by atoms with Gasteiger partial charge < -0.3 is 4.74 Å². The first-order valence-electron chi connectivity index (χ1n) is 3.95. The fourth-order valence-corrected chi connectivity index (χ4v) is 2.88. The number of ether oxygens (including phenoxy) is 1. The molecule has 1 saturated heterocycles. The van der Waals surface area contributed by atoms with Crippen molar-refractivity contribution >= 4 is 15.8 Å². The van der Waals surface area contributed by atoms with E-state index in [0.29, 0.717) is 6.54 Å². The summed E-state index contributed by atoms with van der Waals surface area (Å²) in [5.74, 6) is -0.488. The summed E-state index contributed by atoms with van der Waals surface area (Å²) in [7, 11) is -0.0826. The Morgan fingerprint density at radius 1 is 1.54 bits per heavy atom. The maximum Gasteiger partial charge on any atom is 0.324 e. The van der Waals surface area contributed by atoms with Gasteiger partial charge in [0, 0.05) is 6.54 Å². The van der Waals surface area contributed by atoms with Gasteiger partial charge in [0.15, 0.2) is 9.84 Å². The van der Waals surface area contributed by atoms with E-state index in [1.807, 2.05) is 0 Å². The average Bonchev–Trinajstić information content (AvgIpc) is 2.08. The minimum atomic E-state index is -3.06. The molecular formula is C7H13NO4S. The Bertz CT molecular complexity index is 298. The van der Waals surface area contributed by atoms with Gasteiger partial charge in [0.25, 0.3) is 0 Å². The summed E-state index contributed by atoms with van der Waals surface area (Å²) in [6, 6.07) is -0.635. The standard InChI is InChI=1S/C7H13NO4S/c1-8-3-4-13(10,11)5-6(8)7(9)12-2/h6H,3-5H2,1-2H3. The molecule has 5 nitrogen and oxygen atoms in total. The van der Waals surface area contributed by atoms with Crippen molar-refractivity contribution in [2.45, 2.75) is 6.04 Å². The number of rotatable bonds is 1. The molecule has 0 saturated carbocycles. The Hall–Kier alpha value is -0.620. The van der Waals surface area contributed by atoms with Gasteiger partial charge in [-0.25, -0.2) is 8.42 Å². The molecule has 0 aromatic carbocycles. The predicted molar refractivity (Wildman–Crippen MR) is 47.1 cm³/mol. The summed E-state index contributed by atoms with van der Waals surface area (Å²) in [5, 5.41) is 0. The second-order valence-electron chi connectivity index (χ2n) is 3.13. The fourth-order valence-electron chi connectivity index (χ4n) is 1.27. The van der Waals surface area contributed by atoms with E-state index in [1.165, 1.54) is 7.11 Å². The summed E-state index contributed by atoms with van der Waals surface area (Å²) < 4.78 is 26.9. The number of sulfone groups is 1. The Kier molecular flexibility index (Phi) is 2.92. The first-order chi connectivity index (χ1) is 5.96. The van der Waals surface area contributed by atoms with Crippen LogP contribution in [0.25, 0.3) is 0 Å². The number of hydrogen-bond donors (Lipinski definition) is 0. The molecule has 1 unspecified atom stereocenters. The van der Waals surface area contributed by atoms with Gasteiger partial charge in [-0.15, -0.1) is 0 Å². The summed E-state index contributed by atoms with van der Waals surface area (Å²) in [6.07, 6.45) is 0. The predicted octanol–water partition coefficient (Wildman–Crippen LogP) is -1.11. The van der Waals surface area contributed by atoms with Crippen molar-refractivity contribution in [1.82, 2.24) is 4.90 Å². The van der Waals surface area contributed by atoms with Crippen LogP contribution in [0, 0.1) is 0 Å². The van der Waals surface area contributed by atoms with Gasteiger partial charge in [-0.3, -0.25) is 9.69 Å². The minimum absolute atomic E-state index is 0.122. The molecule has 0 aromatic heterocycles. The van der Waals surface area contributed by atoms with E-state index in [4.69, 9.17) is 0 Å². The summed E-state index contributed by atoms with van der Waals surface area (Å²) >= 11 is 0. The third kappa shape index (κ3) is 2.41. The van der Waals surface area contributed by atoms with E-state index < -0.39 is 21.8 Å². The van der Waals surface area contributed by atoms with Crippen LogP contribution in [0.1, 0.15) is 0 Å². The lowest BCUT2D eigenvalue weighted by Crippen LogP contribution is -2.50. The number of hydrogen-bond acceptors (Lipinski definition) is 5. The molecule has 0 bridgehead atoms. The third-order valence-corrected chi connectivity index (χ3v) is 3.80. The molecule has 6 heteroatoms. The van der Waals surface area contributed by atoms with Crippen LogP contribution in [0.5, 0.6) is 0 Å². The zero-order valence-corrected chi connectivity index (χ0v) is 8.50. The van der Waals surface area contributed by atoms with E-state index in [2.05, 4.69) is 4.74 Å². The van der Waals surface area contributed by atoms with E-state index >= 15 is 0 Å². The van der Waals surface area contributed by atoms with Crippen molar-refractivity contribution in [3.63, 3.8) is 0 Å². The topological polar surface area (TPSA) is 63.7 Å². The van der Waals surface area contributed by atoms with E-state index in [-0.39, 0.29) is 11.5 Å². The molecule has 0 radical (unpaired) electrons. The molecule has 0 aliphatic carbocycles. The van der Waals surface area contributed by atoms with Crippen molar-refractivity contribution in [2.24, 2.45) is 0 Å². The van der Waals surface area contributed by atoms with Crippen LogP contribution in [-0.4, -0.2) is 57.5 Å². The first kappa shape index (κ1) is 10.5. The smallest absolute Gasteiger partial charge is 0.324 e. The molecule has 0 aromatic rings. The van der Waals surface area contributed by atoms with Gasteiger partial charge in [0.1, 0.15) is 6.04 Å². The lowest BCUT2D eigenvalue weighted by molar-refractivity contribution is -0.145. The first-order valence-corrected chi connectivity index (χ1v) is 5.77. The Morgan fingerprint density at radius 2 is 2.15 bits per heavy atom. The summed E-state index contributed by atoms with van der Waals surface area (Å²) in [5.41, 5.74) is 0. The van der Waals surface area contributed by atoms with Crippen molar-refractivity contribution < 1.29 is 17.9 Å². The van der Waals surface area contributed by atoms with Crippen molar-refractivity contribution in [3.8, 4) is 0 Å². The van der Waals surface area contributed by atoms with Gasteiger partial charge >= 0.3 is 5.97 Å². The van der Waals surface area contributed by atoms with Gasteiger partial charge in [-0.05, 0) is 7.05 Å². The zero-order valence-electron chi connectivity index (χ0n) is 7.69. The molecular weight excluding hydrogens is 194 g/mol. The highest BCUT2D eigenvalue weighted by atomic mass is 32.2. The van der Waals surface area contributed by atoms with Crippen molar-refractivity contribution in [3.05, 3.63) is 0 Å². The number of nitrogens with zero attached hydrogens (tertiary/aromatic N) is 1. The third-order valence-electron chi connectivity index (χ3n) is 2.17. The average molecular weight is 207 g/mol. The molecule has 1 heterocycles. The number of carbonyl (C=O) groups excluding carboxylic acids is 1. The quantitative estimate of drug-likeness (QED) is 0.510. The largest absolute Gasteiger partial charge is 0.468 e. The molecule has 13 heavy (non-hydrogen) atoms. The fraction of sp³-hybridized carbons (Fsp3) is 0.857. The highest BCUT2D eigenvalue weighted by molar-refractivity contribution is 7.91. The molecule has 1 rings (SSSR count). The molecule has 1 aliphatic heterocycles. The number of carbonyl (C=O) groups is 1. The second kappa shape index (κ2) is 3.63. The number of likely N-dealkylation sites (N-methyl/N-ethyl adjacent to an activating group) is 1. The lowest BCUT2D eigenvalue weighted by Gasteiger charge is -2.29. The molecule has 76 valence electrons. The van der Waals surface area contributed by atoms with Crippen LogP contribution in [0.3, 0.4) is 0 Å². The van der Waals surface area contributed by atoms with Crippen LogP contribution in [-0.2, 0) is 19.4 Å². The molecule has 1 fully saturated rings. The SMILES string of the molecule is COC(=O)C1CS(=O)(=O)CCN1C. The summed E-state index contributed by atoms with van der Waals surface area (Å²) in [6.45, 7) is 0.391. The summed E-state index contributed by atoms with van der Waals surface area (Å²) in [4.78, 5) is 12.8. The van der Waals surface area contributed by atoms with Gasteiger partial charge in [-0.1, -0.05) is 0 Å². The molecule has 0 N–H and O–H groups in total. The Morgan fingerprint density at radius 3 is 2.69 bits per heavy atom. The van der Waals surface area contributed by atoms with E-state index in [0.717, 1.165) is 0 Å². The van der Waals surface area contributed by atoms with Crippen molar-refractivity contribution in [1.29, 1.82) is 0 Å². The molecule has 1 atom stereocenters. The zero-order chi connectivity index (χ0) is 10.1. The van der Waals surface area contributed by atoms with E-state index in [1.54, 1.807) is 11.9 Å². The Balaban J connectivity index is 2.77. The normalized spacial score (nSPS) is 28.3. The highest BCUT2D eigenvalue weighted by Gasteiger charge is 2.34. The van der Waals surface area contributed by atoms with Crippen LogP contribution in [0.15, 0.2) is 0 Å². The van der Waals surface area contributed by atoms with Crippen LogP contribution < -0.4 is 0 Å². The maximum absolute atomic E-state index is 11.2. The van der Waals surface area contributed by atoms with Crippen LogP contribution in [0.4, 0.5) is 0 Å². The Labute approximate surface area is 77.6 Å². The number of esters is 1. The maximum atomic E-state index is 11.2. The van der Waals surface area contributed by atoms with Gasteiger partial charge in [0.05, 0.1) is 18.6 Å².